The van der Waals surface area contributed by atoms with E-state index in [4.69, 9.17) is 4.74 Å². The van der Waals surface area contributed by atoms with E-state index in [2.05, 4.69) is 64.9 Å². The molecule has 0 fully saturated rings. The molecular weight excluding hydrogens is 428 g/mol. The van der Waals surface area contributed by atoms with Gasteiger partial charge in [-0.3, -0.25) is 10.2 Å². The smallest absolute Gasteiger partial charge is 0.336 e. The normalized spacial score (nSPS) is 21.4. The second-order valence-electron chi connectivity index (χ2n) is 10.0. The van der Waals surface area contributed by atoms with Crippen LogP contribution in [0.4, 0.5) is 0 Å². The van der Waals surface area contributed by atoms with Crippen LogP contribution in [0.5, 0.6) is 0 Å². The highest BCUT2D eigenvalue weighted by atomic mass is 16.5. The first kappa shape index (κ1) is 20.7. The molecule has 0 amide bonds. The summed E-state index contributed by atoms with van der Waals surface area (Å²) in [6.45, 7) is 8.08. The highest BCUT2D eigenvalue weighted by Gasteiger charge is 2.46. The molecule has 6 rings (SSSR count). The predicted octanol–water partition coefficient (Wildman–Crippen LogP) is 4.36. The van der Waals surface area contributed by atoms with Crippen LogP contribution in [0.3, 0.4) is 0 Å². The molecule has 8 heteroatoms. The van der Waals surface area contributed by atoms with Crippen LogP contribution in [-0.4, -0.2) is 32.6 Å². The monoisotopic (exact) mass is 454 g/mol. The van der Waals surface area contributed by atoms with E-state index >= 15 is 0 Å². The van der Waals surface area contributed by atoms with Gasteiger partial charge in [-0.15, -0.1) is 5.10 Å². The minimum absolute atomic E-state index is 0.0976. The zero-order chi connectivity index (χ0) is 23.6. The minimum Gasteiger partial charge on any atom is -0.427 e. The summed E-state index contributed by atoms with van der Waals surface area (Å²) in [4.78, 5) is 13.5. The quantitative estimate of drug-likeness (QED) is 0.591. The number of aromatic nitrogens is 2. The molecule has 0 saturated heterocycles. The predicted molar refractivity (Wildman–Crippen MR) is 130 cm³/mol. The van der Waals surface area contributed by atoms with Crippen LogP contribution in [0.25, 0.3) is 10.8 Å². The highest BCUT2D eigenvalue weighted by Crippen LogP contribution is 2.46. The lowest BCUT2D eigenvalue weighted by Crippen LogP contribution is -2.56. The van der Waals surface area contributed by atoms with Gasteiger partial charge in [0, 0.05) is 18.5 Å². The van der Waals surface area contributed by atoms with Gasteiger partial charge in [-0.1, -0.05) is 55.3 Å². The van der Waals surface area contributed by atoms with Gasteiger partial charge in [0.15, 0.2) is 5.78 Å². The Labute approximate surface area is 197 Å². The minimum atomic E-state index is -0.404. The van der Waals surface area contributed by atoms with E-state index in [0.717, 1.165) is 27.7 Å². The summed E-state index contributed by atoms with van der Waals surface area (Å²) < 4.78 is 7.91. The molecule has 1 aromatic heterocycles. The number of Topliss-reactive ketones (excluding diaryl/α,β-unsaturated/α-hetero) is 1. The number of carbonyl (C=O) groups excluding carboxylic acids is 1. The zero-order valence-corrected chi connectivity index (χ0v) is 19.7. The number of nitrogens with zero attached hydrogens (tertiary/aromatic N) is 5. The third kappa shape index (κ3) is 3.29. The number of carbonyl (C=O) groups is 1. The fourth-order valence-electron chi connectivity index (χ4n) is 5.10. The largest absolute Gasteiger partial charge is 0.427 e. The molecule has 2 aromatic carbocycles. The topological polar surface area (TPSA) is 84.1 Å². The number of benzene rings is 2. The third-order valence-corrected chi connectivity index (χ3v) is 6.58. The third-order valence-electron chi connectivity index (χ3n) is 6.58. The van der Waals surface area contributed by atoms with E-state index in [1.807, 2.05) is 32.0 Å². The van der Waals surface area contributed by atoms with Crippen LogP contribution in [0.2, 0.25) is 0 Å². The fraction of sp³-hybridized carbons (Fsp3) is 0.308. The van der Waals surface area contributed by atoms with Crippen LogP contribution >= 0.6 is 0 Å². The standard InChI is InChI=1S/C26H26N6O2/c1-15-11-16(2)31(29-15)24-27-28-25-32(30-24)23(19-10-9-17-7-5-6-8-18(17)12-19)22-20(33)13-26(3,4)14-21(22)34-25/h5-12,23H,13-14H2,1-4H3,(H,27,30). The molecule has 2 aliphatic heterocycles. The molecule has 1 atom stereocenters. The Kier molecular flexibility index (Phi) is 4.42. The van der Waals surface area contributed by atoms with Crippen molar-refractivity contribution in [2.45, 2.75) is 46.6 Å². The number of amidine groups is 1. The lowest BCUT2D eigenvalue weighted by atomic mass is 9.73. The average molecular weight is 455 g/mol. The van der Waals surface area contributed by atoms with Crippen molar-refractivity contribution in [3.05, 3.63) is 76.8 Å². The van der Waals surface area contributed by atoms with Gasteiger partial charge in [0.25, 0.3) is 5.96 Å². The Bertz CT molecular complexity index is 1440. The van der Waals surface area contributed by atoms with Crippen molar-refractivity contribution < 1.29 is 9.53 Å². The van der Waals surface area contributed by atoms with Gasteiger partial charge in [-0.2, -0.15) is 5.10 Å². The van der Waals surface area contributed by atoms with Crippen molar-refractivity contribution in [3.8, 4) is 0 Å². The van der Waals surface area contributed by atoms with E-state index < -0.39 is 6.04 Å². The second-order valence-corrected chi connectivity index (χ2v) is 10.0. The van der Waals surface area contributed by atoms with Crippen molar-refractivity contribution in [3.63, 3.8) is 0 Å². The Hall–Kier alpha value is -3.94. The molecule has 8 nitrogen and oxygen atoms in total. The first-order valence-electron chi connectivity index (χ1n) is 11.5. The summed E-state index contributed by atoms with van der Waals surface area (Å²) >= 11 is 0. The summed E-state index contributed by atoms with van der Waals surface area (Å²) in [6.07, 6.45) is 1.14. The van der Waals surface area contributed by atoms with Gasteiger partial charge in [0.1, 0.15) is 11.8 Å². The van der Waals surface area contributed by atoms with Crippen LogP contribution in [0.15, 0.2) is 70.1 Å². The van der Waals surface area contributed by atoms with E-state index in [1.165, 1.54) is 0 Å². The molecular formula is C26H26N6O2. The maximum Gasteiger partial charge on any atom is 0.336 e. The number of aryl methyl sites for hydroxylation is 2. The number of fused-ring (bicyclic) bond motifs is 2. The average Bonchev–Trinajstić information content (AvgIpc) is 3.14. The Balaban J connectivity index is 1.50. The first-order chi connectivity index (χ1) is 16.3. The number of ketones is 1. The van der Waals surface area contributed by atoms with Crippen molar-refractivity contribution >= 4 is 28.5 Å². The Morgan fingerprint density at radius 3 is 2.59 bits per heavy atom. The summed E-state index contributed by atoms with van der Waals surface area (Å²) in [7, 11) is 0. The molecule has 0 saturated carbocycles. The number of hydrogen-bond donors (Lipinski definition) is 1. The maximum absolute atomic E-state index is 13.5. The first-order valence-corrected chi connectivity index (χ1v) is 11.5. The van der Waals surface area contributed by atoms with Gasteiger partial charge in [0.2, 0.25) is 0 Å². The van der Waals surface area contributed by atoms with Crippen molar-refractivity contribution in [2.24, 2.45) is 15.6 Å². The number of allylic oxidation sites excluding steroid dienone is 1. The lowest BCUT2D eigenvalue weighted by Gasteiger charge is -2.44. The van der Waals surface area contributed by atoms with Crippen LogP contribution in [0.1, 0.15) is 49.7 Å². The molecule has 3 aromatic rings. The number of ether oxygens (including phenoxy) is 1. The summed E-state index contributed by atoms with van der Waals surface area (Å²) in [5, 5.41) is 17.3. The molecule has 1 aliphatic carbocycles. The Morgan fingerprint density at radius 2 is 1.82 bits per heavy atom. The van der Waals surface area contributed by atoms with Gasteiger partial charge >= 0.3 is 6.02 Å². The number of rotatable bonds is 1. The van der Waals surface area contributed by atoms with Gasteiger partial charge in [-0.05, 0) is 47.7 Å². The van der Waals surface area contributed by atoms with Crippen LogP contribution in [-0.2, 0) is 9.53 Å². The molecule has 0 radical (unpaired) electrons. The van der Waals surface area contributed by atoms with E-state index in [9.17, 15) is 4.79 Å². The molecule has 172 valence electrons. The molecule has 0 spiro atoms. The fourth-order valence-corrected chi connectivity index (χ4v) is 5.10. The van der Waals surface area contributed by atoms with Gasteiger partial charge < -0.3 is 4.74 Å². The zero-order valence-electron chi connectivity index (χ0n) is 19.7. The summed E-state index contributed by atoms with van der Waals surface area (Å²) in [6, 6.07) is 16.4. The molecule has 0 bridgehead atoms. The number of hydrogen-bond acceptors (Lipinski definition) is 7. The molecule has 1 unspecified atom stereocenters. The van der Waals surface area contributed by atoms with E-state index in [0.29, 0.717) is 36.2 Å². The highest BCUT2D eigenvalue weighted by molar-refractivity contribution is 6.01. The summed E-state index contributed by atoms with van der Waals surface area (Å²) in [5.74, 6) is 1.23. The molecule has 1 N–H and O–H groups in total. The lowest BCUT2D eigenvalue weighted by molar-refractivity contribution is -0.119. The SMILES string of the molecule is Cc1cc(C)n(C2=NN=C3OC4=C(C(=O)CC(C)(C)C4)C(c4ccc5ccccc5c4)N3N2)n1. The summed E-state index contributed by atoms with van der Waals surface area (Å²) in [5.41, 5.74) is 6.64. The van der Waals surface area contributed by atoms with Crippen LogP contribution < -0.4 is 5.43 Å². The molecule has 34 heavy (non-hydrogen) atoms. The van der Waals surface area contributed by atoms with E-state index in [1.54, 1.807) is 9.69 Å². The number of hydrazine groups is 1. The van der Waals surface area contributed by atoms with Crippen molar-refractivity contribution in [2.75, 3.05) is 0 Å². The van der Waals surface area contributed by atoms with E-state index in [-0.39, 0.29) is 11.2 Å². The van der Waals surface area contributed by atoms with Crippen molar-refractivity contribution in [1.29, 1.82) is 0 Å². The molecule has 3 heterocycles. The Morgan fingerprint density at radius 1 is 1.03 bits per heavy atom. The van der Waals surface area contributed by atoms with Crippen LogP contribution in [0, 0.1) is 19.3 Å². The number of nitrogens with one attached hydrogen (secondary N) is 1. The van der Waals surface area contributed by atoms with Crippen molar-refractivity contribution in [1.82, 2.24) is 20.2 Å². The van der Waals surface area contributed by atoms with Gasteiger partial charge in [0.05, 0.1) is 11.3 Å². The maximum atomic E-state index is 13.5. The van der Waals surface area contributed by atoms with Gasteiger partial charge in [-0.25, -0.2) is 9.69 Å². The molecule has 3 aliphatic rings. The second kappa shape index (κ2) is 7.28.